The van der Waals surface area contributed by atoms with Crippen LogP contribution in [0.2, 0.25) is 0 Å². The Hall–Kier alpha value is -1.12. The van der Waals surface area contributed by atoms with E-state index in [0.717, 1.165) is 11.0 Å². The number of nitrogens with one attached hydrogen (secondary N) is 1. The topological polar surface area (TPSA) is 12.0 Å². The van der Waals surface area contributed by atoms with Crippen molar-refractivity contribution in [2.75, 3.05) is 6.54 Å². The van der Waals surface area contributed by atoms with Crippen molar-refractivity contribution in [2.45, 2.75) is 33.7 Å². The van der Waals surface area contributed by atoms with Gasteiger partial charge in [-0.25, -0.2) is 0 Å². The van der Waals surface area contributed by atoms with Crippen LogP contribution in [0.5, 0.6) is 0 Å². The first-order valence-electron chi connectivity index (χ1n) is 7.09. The molecule has 0 aliphatic heterocycles. The Balaban J connectivity index is 2.51. The van der Waals surface area contributed by atoms with E-state index in [9.17, 15) is 0 Å². The molecule has 20 heavy (non-hydrogen) atoms. The Kier molecular flexibility index (Phi) is 5.00. The number of hydrogen-bond acceptors (Lipinski definition) is 1. The smallest absolute Gasteiger partial charge is 0.0581 e. The lowest BCUT2D eigenvalue weighted by atomic mass is 9.90. The van der Waals surface area contributed by atoms with Crippen molar-refractivity contribution in [3.63, 3.8) is 0 Å². The molecule has 0 amide bonds. The van der Waals surface area contributed by atoms with Crippen LogP contribution in [0.4, 0.5) is 0 Å². The van der Waals surface area contributed by atoms with Crippen LogP contribution in [-0.4, -0.2) is 6.54 Å². The van der Waals surface area contributed by atoms with Crippen molar-refractivity contribution in [2.24, 2.45) is 0 Å². The molecular weight excluding hydrogens is 310 g/mol. The second-order valence-corrected chi connectivity index (χ2v) is 6.27. The standard InChI is InChI=1S/C18H22BrN/c1-5-20-18(15-6-8-16(19)9-7-15)17-13(3)10-12(2)11-14(17)4/h6-11,18,20H,5H2,1-4H3. The van der Waals surface area contributed by atoms with E-state index >= 15 is 0 Å². The maximum Gasteiger partial charge on any atom is 0.0581 e. The van der Waals surface area contributed by atoms with Crippen molar-refractivity contribution < 1.29 is 0 Å². The molecule has 0 fully saturated rings. The summed E-state index contributed by atoms with van der Waals surface area (Å²) >= 11 is 3.51. The molecule has 2 heteroatoms. The molecule has 1 N–H and O–H groups in total. The number of hydrogen-bond donors (Lipinski definition) is 1. The summed E-state index contributed by atoms with van der Waals surface area (Å²) in [7, 11) is 0. The molecule has 2 aromatic carbocycles. The maximum absolute atomic E-state index is 3.62. The molecule has 0 aromatic heterocycles. The van der Waals surface area contributed by atoms with Crippen molar-refractivity contribution >= 4 is 15.9 Å². The van der Waals surface area contributed by atoms with Crippen LogP contribution in [0.3, 0.4) is 0 Å². The minimum atomic E-state index is 0.258. The summed E-state index contributed by atoms with van der Waals surface area (Å²) in [5.41, 5.74) is 6.76. The third-order valence-corrected chi connectivity index (χ3v) is 4.17. The van der Waals surface area contributed by atoms with E-state index in [-0.39, 0.29) is 6.04 Å². The molecular formula is C18H22BrN. The molecule has 2 rings (SSSR count). The molecule has 0 radical (unpaired) electrons. The Morgan fingerprint density at radius 2 is 1.55 bits per heavy atom. The van der Waals surface area contributed by atoms with Crippen LogP contribution in [0.25, 0.3) is 0 Å². The summed E-state index contributed by atoms with van der Waals surface area (Å²) in [5, 5.41) is 3.62. The summed E-state index contributed by atoms with van der Waals surface area (Å²) in [6.07, 6.45) is 0. The van der Waals surface area contributed by atoms with Gasteiger partial charge in [-0.3, -0.25) is 0 Å². The molecule has 1 atom stereocenters. The fourth-order valence-corrected chi connectivity index (χ4v) is 3.16. The van der Waals surface area contributed by atoms with Crippen molar-refractivity contribution in [1.29, 1.82) is 0 Å². The molecule has 0 spiro atoms. The summed E-state index contributed by atoms with van der Waals surface area (Å²) in [6.45, 7) is 9.68. The lowest BCUT2D eigenvalue weighted by Gasteiger charge is -2.23. The highest BCUT2D eigenvalue weighted by molar-refractivity contribution is 9.10. The maximum atomic E-state index is 3.62. The van der Waals surface area contributed by atoms with Gasteiger partial charge in [0.05, 0.1) is 6.04 Å². The van der Waals surface area contributed by atoms with E-state index in [2.05, 4.69) is 85.3 Å². The molecule has 2 aromatic rings. The zero-order chi connectivity index (χ0) is 14.7. The van der Waals surface area contributed by atoms with Gasteiger partial charge in [0.15, 0.2) is 0 Å². The molecule has 1 unspecified atom stereocenters. The largest absolute Gasteiger partial charge is 0.307 e. The van der Waals surface area contributed by atoms with E-state index < -0.39 is 0 Å². The second kappa shape index (κ2) is 6.55. The molecule has 0 saturated heterocycles. The van der Waals surface area contributed by atoms with Gasteiger partial charge >= 0.3 is 0 Å². The quantitative estimate of drug-likeness (QED) is 0.824. The minimum Gasteiger partial charge on any atom is -0.307 e. The fraction of sp³-hybridized carbons (Fsp3) is 0.333. The van der Waals surface area contributed by atoms with E-state index in [1.54, 1.807) is 0 Å². The van der Waals surface area contributed by atoms with Gasteiger partial charge in [-0.05, 0) is 61.7 Å². The van der Waals surface area contributed by atoms with Crippen LogP contribution < -0.4 is 5.32 Å². The molecule has 0 heterocycles. The predicted octanol–water partition coefficient (Wildman–Crippen LogP) is 5.07. The number of halogens is 1. The van der Waals surface area contributed by atoms with Gasteiger partial charge in [0, 0.05) is 4.47 Å². The third-order valence-electron chi connectivity index (χ3n) is 3.64. The first kappa shape index (κ1) is 15.3. The van der Waals surface area contributed by atoms with Crippen LogP contribution in [0.15, 0.2) is 40.9 Å². The number of aryl methyl sites for hydroxylation is 3. The molecule has 1 nitrogen and oxygen atoms in total. The van der Waals surface area contributed by atoms with Gasteiger partial charge in [-0.2, -0.15) is 0 Å². The highest BCUT2D eigenvalue weighted by atomic mass is 79.9. The Bertz CT molecular complexity index is 564. The van der Waals surface area contributed by atoms with Gasteiger partial charge in [0.2, 0.25) is 0 Å². The van der Waals surface area contributed by atoms with Crippen molar-refractivity contribution in [3.05, 3.63) is 68.7 Å². The van der Waals surface area contributed by atoms with Gasteiger partial charge < -0.3 is 5.32 Å². The Morgan fingerprint density at radius 1 is 1.00 bits per heavy atom. The first-order chi connectivity index (χ1) is 9.52. The SMILES string of the molecule is CCNC(c1ccc(Br)cc1)c1c(C)cc(C)cc1C. The fourth-order valence-electron chi connectivity index (χ4n) is 2.89. The lowest BCUT2D eigenvalue weighted by molar-refractivity contribution is 0.624. The number of rotatable bonds is 4. The van der Waals surface area contributed by atoms with E-state index in [4.69, 9.17) is 0 Å². The van der Waals surface area contributed by atoms with Gasteiger partial charge in [0.1, 0.15) is 0 Å². The average Bonchev–Trinajstić information content (AvgIpc) is 2.37. The molecule has 0 saturated carbocycles. The first-order valence-corrected chi connectivity index (χ1v) is 7.88. The summed E-state index contributed by atoms with van der Waals surface area (Å²) in [4.78, 5) is 0. The molecule has 0 aliphatic carbocycles. The zero-order valence-electron chi connectivity index (χ0n) is 12.6. The summed E-state index contributed by atoms with van der Waals surface area (Å²) < 4.78 is 1.12. The van der Waals surface area contributed by atoms with Gasteiger partial charge in [-0.1, -0.05) is 52.7 Å². The third kappa shape index (κ3) is 3.31. The van der Waals surface area contributed by atoms with Crippen LogP contribution in [0, 0.1) is 20.8 Å². The van der Waals surface area contributed by atoms with Crippen LogP contribution in [0.1, 0.15) is 40.8 Å². The van der Waals surface area contributed by atoms with E-state index in [0.29, 0.717) is 0 Å². The highest BCUT2D eigenvalue weighted by Gasteiger charge is 2.17. The summed E-state index contributed by atoms with van der Waals surface area (Å²) in [6, 6.07) is 13.4. The lowest BCUT2D eigenvalue weighted by Crippen LogP contribution is -2.23. The number of benzene rings is 2. The molecule has 0 bridgehead atoms. The van der Waals surface area contributed by atoms with E-state index in [1.165, 1.54) is 27.8 Å². The van der Waals surface area contributed by atoms with Crippen LogP contribution >= 0.6 is 15.9 Å². The summed E-state index contributed by atoms with van der Waals surface area (Å²) in [5.74, 6) is 0. The minimum absolute atomic E-state index is 0.258. The normalized spacial score (nSPS) is 12.4. The molecule has 0 aliphatic rings. The molecule has 106 valence electrons. The second-order valence-electron chi connectivity index (χ2n) is 5.35. The Labute approximate surface area is 130 Å². The monoisotopic (exact) mass is 331 g/mol. The van der Waals surface area contributed by atoms with Crippen LogP contribution in [-0.2, 0) is 0 Å². The zero-order valence-corrected chi connectivity index (χ0v) is 14.2. The van der Waals surface area contributed by atoms with Gasteiger partial charge in [0.25, 0.3) is 0 Å². The Morgan fingerprint density at radius 3 is 2.05 bits per heavy atom. The van der Waals surface area contributed by atoms with Crippen molar-refractivity contribution in [3.8, 4) is 0 Å². The average molecular weight is 332 g/mol. The predicted molar refractivity (Wildman–Crippen MR) is 90.3 cm³/mol. The van der Waals surface area contributed by atoms with Crippen molar-refractivity contribution in [1.82, 2.24) is 5.32 Å². The highest BCUT2D eigenvalue weighted by Crippen LogP contribution is 2.29. The van der Waals surface area contributed by atoms with Gasteiger partial charge in [-0.15, -0.1) is 0 Å². The van der Waals surface area contributed by atoms with E-state index in [1.807, 2.05) is 0 Å².